The SMILES string of the molecule is Cc1cc(OC(=O)[C@@H]2CC(=O)N(c3ccc4ccccc4c3)C2)c(C(C)C)cc1NC1=NS(=O)(=O)c2ccccc21. The summed E-state index contributed by atoms with van der Waals surface area (Å²) in [5.74, 6) is -0.493. The van der Waals surface area contributed by atoms with E-state index >= 15 is 0 Å². The van der Waals surface area contributed by atoms with E-state index in [1.54, 1.807) is 29.2 Å². The van der Waals surface area contributed by atoms with Crippen molar-refractivity contribution in [3.8, 4) is 5.75 Å². The van der Waals surface area contributed by atoms with Gasteiger partial charge >= 0.3 is 5.97 Å². The molecule has 1 N–H and O–H groups in total. The molecule has 4 aromatic rings. The summed E-state index contributed by atoms with van der Waals surface area (Å²) in [6.07, 6.45) is 0.0784. The quantitative estimate of drug-likeness (QED) is 0.242. The summed E-state index contributed by atoms with van der Waals surface area (Å²) in [4.78, 5) is 28.0. The molecule has 2 aliphatic heterocycles. The normalized spacial score (nSPS) is 17.6. The fraction of sp³-hybridized carbons (Fsp3) is 0.219. The van der Waals surface area contributed by atoms with Crippen molar-refractivity contribution >= 4 is 49.9 Å². The van der Waals surface area contributed by atoms with Crippen LogP contribution in [-0.2, 0) is 19.6 Å². The smallest absolute Gasteiger partial charge is 0.316 e. The molecule has 0 spiro atoms. The van der Waals surface area contributed by atoms with Crippen LogP contribution in [0.1, 0.15) is 42.9 Å². The van der Waals surface area contributed by atoms with Crippen LogP contribution in [0.4, 0.5) is 11.4 Å². The van der Waals surface area contributed by atoms with Gasteiger partial charge in [0.05, 0.1) is 5.92 Å². The Kier molecular flexibility index (Phi) is 6.62. The van der Waals surface area contributed by atoms with Crippen LogP contribution in [0.15, 0.2) is 88.2 Å². The van der Waals surface area contributed by atoms with Gasteiger partial charge in [-0.3, -0.25) is 9.59 Å². The molecule has 4 aromatic carbocycles. The Morgan fingerprint density at radius 1 is 1.00 bits per heavy atom. The predicted octanol–water partition coefficient (Wildman–Crippen LogP) is 5.79. The largest absolute Gasteiger partial charge is 0.426 e. The molecular formula is C32H29N3O5S. The lowest BCUT2D eigenvalue weighted by atomic mass is 9.98. The fourth-order valence-corrected chi connectivity index (χ4v) is 6.52. The summed E-state index contributed by atoms with van der Waals surface area (Å²) in [6, 6.07) is 24.1. The summed E-state index contributed by atoms with van der Waals surface area (Å²) in [5, 5.41) is 5.28. The number of hydrogen-bond acceptors (Lipinski definition) is 6. The van der Waals surface area contributed by atoms with E-state index in [0.29, 0.717) is 17.0 Å². The molecule has 9 heteroatoms. The number of benzene rings is 4. The Balaban J connectivity index is 1.22. The second-order valence-electron chi connectivity index (χ2n) is 10.8. The second-order valence-corrected chi connectivity index (χ2v) is 12.3. The fourth-order valence-electron chi connectivity index (χ4n) is 5.35. The molecule has 208 valence electrons. The number of anilines is 2. The monoisotopic (exact) mass is 567 g/mol. The zero-order valence-electron chi connectivity index (χ0n) is 22.9. The molecule has 2 aliphatic rings. The van der Waals surface area contributed by atoms with E-state index in [9.17, 15) is 18.0 Å². The Labute approximate surface area is 238 Å². The van der Waals surface area contributed by atoms with Crippen LogP contribution in [0.5, 0.6) is 5.75 Å². The molecule has 0 aliphatic carbocycles. The highest BCUT2D eigenvalue weighted by Gasteiger charge is 2.37. The maximum absolute atomic E-state index is 13.3. The van der Waals surface area contributed by atoms with Crippen LogP contribution in [0.2, 0.25) is 0 Å². The molecular weight excluding hydrogens is 538 g/mol. The molecule has 0 aromatic heterocycles. The van der Waals surface area contributed by atoms with Gasteiger partial charge in [-0.2, -0.15) is 8.42 Å². The third-order valence-corrected chi connectivity index (χ3v) is 8.91. The lowest BCUT2D eigenvalue weighted by Crippen LogP contribution is -2.27. The number of carbonyl (C=O) groups is 2. The van der Waals surface area contributed by atoms with E-state index in [0.717, 1.165) is 27.6 Å². The first-order valence-electron chi connectivity index (χ1n) is 13.5. The van der Waals surface area contributed by atoms with Gasteiger partial charge in [0.1, 0.15) is 10.6 Å². The van der Waals surface area contributed by atoms with Crippen LogP contribution in [0, 0.1) is 12.8 Å². The molecule has 1 saturated heterocycles. The van der Waals surface area contributed by atoms with Crippen molar-refractivity contribution in [1.29, 1.82) is 0 Å². The zero-order chi connectivity index (χ0) is 28.9. The molecule has 0 radical (unpaired) electrons. The van der Waals surface area contributed by atoms with Crippen molar-refractivity contribution in [2.75, 3.05) is 16.8 Å². The van der Waals surface area contributed by atoms with Gasteiger partial charge in [0.25, 0.3) is 10.0 Å². The average molecular weight is 568 g/mol. The lowest BCUT2D eigenvalue weighted by molar-refractivity contribution is -0.139. The maximum atomic E-state index is 13.3. The number of aryl methyl sites for hydroxylation is 1. The Morgan fingerprint density at radius 2 is 1.73 bits per heavy atom. The average Bonchev–Trinajstić information content (AvgIpc) is 3.46. The topological polar surface area (TPSA) is 105 Å². The summed E-state index contributed by atoms with van der Waals surface area (Å²) in [7, 11) is -3.76. The number of rotatable bonds is 5. The minimum atomic E-state index is -3.76. The molecule has 2 heterocycles. The van der Waals surface area contributed by atoms with Crippen LogP contribution in [0.25, 0.3) is 10.8 Å². The molecule has 8 nitrogen and oxygen atoms in total. The number of hydrogen-bond donors (Lipinski definition) is 1. The van der Waals surface area contributed by atoms with E-state index in [1.807, 2.05) is 69.3 Å². The van der Waals surface area contributed by atoms with Gasteiger partial charge in [-0.25, -0.2) is 0 Å². The summed E-state index contributed by atoms with van der Waals surface area (Å²) in [6.45, 7) is 6.07. The number of nitrogens with zero attached hydrogens (tertiary/aromatic N) is 2. The van der Waals surface area contributed by atoms with Crippen LogP contribution in [-0.4, -0.2) is 32.7 Å². The third kappa shape index (κ3) is 4.97. The lowest BCUT2D eigenvalue weighted by Gasteiger charge is -2.19. The van der Waals surface area contributed by atoms with Crippen molar-refractivity contribution < 1.29 is 22.7 Å². The van der Waals surface area contributed by atoms with Crippen molar-refractivity contribution in [3.05, 3.63) is 95.6 Å². The van der Waals surface area contributed by atoms with Crippen LogP contribution >= 0.6 is 0 Å². The van der Waals surface area contributed by atoms with Crippen LogP contribution in [0.3, 0.4) is 0 Å². The molecule has 0 bridgehead atoms. The molecule has 1 amide bonds. The van der Waals surface area contributed by atoms with Crippen molar-refractivity contribution in [3.63, 3.8) is 0 Å². The molecule has 6 rings (SSSR count). The van der Waals surface area contributed by atoms with Gasteiger partial charge in [-0.15, -0.1) is 4.40 Å². The molecule has 0 saturated carbocycles. The van der Waals surface area contributed by atoms with Gasteiger partial charge in [0.2, 0.25) is 5.91 Å². The molecule has 41 heavy (non-hydrogen) atoms. The summed E-state index contributed by atoms with van der Waals surface area (Å²) >= 11 is 0. The summed E-state index contributed by atoms with van der Waals surface area (Å²) in [5.41, 5.74) is 3.46. The standard InChI is InChI=1S/C32H29N3O5S/c1-19(2)26-17-27(33-31-25-10-6-7-11-29(25)41(38,39)34-31)20(3)14-28(26)40-32(37)23-16-30(36)35(18-23)24-13-12-21-8-4-5-9-22(21)15-24/h4-15,17,19,23H,16,18H2,1-3H3,(H,33,34)/t23-/m1/s1. The second kappa shape index (κ2) is 10.2. The Morgan fingerprint density at radius 3 is 2.51 bits per heavy atom. The number of nitrogens with one attached hydrogen (secondary N) is 1. The molecule has 1 fully saturated rings. The van der Waals surface area contributed by atoms with E-state index < -0.39 is 21.9 Å². The maximum Gasteiger partial charge on any atom is 0.316 e. The van der Waals surface area contributed by atoms with Gasteiger partial charge < -0.3 is 15.0 Å². The predicted molar refractivity (Wildman–Crippen MR) is 159 cm³/mol. The van der Waals surface area contributed by atoms with Gasteiger partial charge in [-0.1, -0.05) is 56.3 Å². The minimum Gasteiger partial charge on any atom is -0.426 e. The van der Waals surface area contributed by atoms with E-state index in [4.69, 9.17) is 4.74 Å². The number of amidine groups is 1. The van der Waals surface area contributed by atoms with E-state index in [1.165, 1.54) is 6.07 Å². The molecule has 1 atom stereocenters. The summed E-state index contributed by atoms with van der Waals surface area (Å²) < 4.78 is 34.8. The van der Waals surface area contributed by atoms with Crippen molar-refractivity contribution in [2.45, 2.75) is 38.0 Å². The third-order valence-electron chi connectivity index (χ3n) is 7.58. The first kappa shape index (κ1) is 26.7. The highest BCUT2D eigenvalue weighted by molar-refractivity contribution is 7.90. The van der Waals surface area contributed by atoms with Gasteiger partial charge in [0.15, 0.2) is 5.84 Å². The van der Waals surface area contributed by atoms with Gasteiger partial charge in [-0.05, 0) is 71.1 Å². The number of fused-ring (bicyclic) bond motifs is 2. The molecule has 0 unspecified atom stereocenters. The van der Waals surface area contributed by atoms with Crippen molar-refractivity contribution in [1.82, 2.24) is 0 Å². The minimum absolute atomic E-state index is 0.000191. The Bertz CT molecular complexity index is 1860. The highest BCUT2D eigenvalue weighted by Crippen LogP contribution is 2.36. The van der Waals surface area contributed by atoms with E-state index in [-0.39, 0.29) is 35.5 Å². The number of sulfonamides is 1. The van der Waals surface area contributed by atoms with Crippen LogP contribution < -0.4 is 15.0 Å². The Hall–Kier alpha value is -4.50. The van der Waals surface area contributed by atoms with Gasteiger partial charge in [0, 0.05) is 29.9 Å². The first-order valence-corrected chi connectivity index (χ1v) is 14.9. The first-order chi connectivity index (χ1) is 19.6. The number of carbonyl (C=O) groups excluding carboxylic acids is 2. The highest BCUT2D eigenvalue weighted by atomic mass is 32.2. The number of ether oxygens (including phenoxy) is 1. The number of amides is 1. The van der Waals surface area contributed by atoms with Crippen molar-refractivity contribution in [2.24, 2.45) is 10.3 Å². The number of esters is 1. The van der Waals surface area contributed by atoms with E-state index in [2.05, 4.69) is 9.71 Å². The zero-order valence-corrected chi connectivity index (χ0v) is 23.7.